The molecule has 3 aliphatic rings. The molecule has 0 amide bonds. The lowest BCUT2D eigenvalue weighted by Crippen LogP contribution is -2.55. The monoisotopic (exact) mass is 279 g/mol. The number of nitrogens with one attached hydrogen (secondary N) is 1. The summed E-state index contributed by atoms with van der Waals surface area (Å²) in [6.45, 7) is 11.5. The van der Waals surface area contributed by atoms with Gasteiger partial charge in [-0.1, -0.05) is 20.8 Å². The van der Waals surface area contributed by atoms with Gasteiger partial charge >= 0.3 is 0 Å². The summed E-state index contributed by atoms with van der Waals surface area (Å²) in [6, 6.07) is 0.683. The topological polar surface area (TPSA) is 28.2 Å². The Morgan fingerprint density at radius 1 is 1.37 bits per heavy atom. The van der Waals surface area contributed by atoms with E-state index in [0.29, 0.717) is 6.04 Å². The largest absolute Gasteiger partial charge is 0.307 e. The third-order valence-corrected chi connectivity index (χ3v) is 5.71. The Kier molecular flexibility index (Phi) is 3.67. The van der Waals surface area contributed by atoms with Crippen LogP contribution in [0.5, 0.6) is 0 Å². The quantitative estimate of drug-likeness (QED) is 0.922. The molecule has 3 aliphatic heterocycles. The van der Waals surface area contributed by atoms with Crippen molar-refractivity contribution in [3.63, 3.8) is 0 Å². The van der Waals surface area contributed by atoms with Crippen LogP contribution in [0, 0.1) is 5.92 Å². The minimum Gasteiger partial charge on any atom is -0.307 e. The van der Waals surface area contributed by atoms with Crippen LogP contribution in [0.1, 0.15) is 44.3 Å². The third kappa shape index (κ3) is 3.01. The Hall–Kier alpha value is -0.450. The highest BCUT2D eigenvalue weighted by molar-refractivity contribution is 7.09. The van der Waals surface area contributed by atoms with E-state index in [1.165, 1.54) is 43.2 Å². The van der Waals surface area contributed by atoms with Crippen LogP contribution < -0.4 is 5.32 Å². The highest BCUT2D eigenvalue weighted by Gasteiger charge is 2.33. The van der Waals surface area contributed by atoms with Gasteiger partial charge in [-0.2, -0.15) is 0 Å². The van der Waals surface area contributed by atoms with Gasteiger partial charge in [0.1, 0.15) is 0 Å². The fraction of sp³-hybridized carbons (Fsp3) is 0.800. The third-order valence-electron chi connectivity index (χ3n) is 4.39. The molecule has 0 aliphatic carbocycles. The maximum atomic E-state index is 4.77. The second-order valence-electron chi connectivity index (χ2n) is 7.02. The van der Waals surface area contributed by atoms with Crippen LogP contribution in [-0.2, 0) is 12.0 Å². The van der Waals surface area contributed by atoms with Gasteiger partial charge in [-0.15, -0.1) is 11.3 Å². The number of rotatable bonds is 3. The number of aromatic nitrogens is 1. The van der Waals surface area contributed by atoms with Crippen molar-refractivity contribution in [2.45, 2.75) is 51.6 Å². The van der Waals surface area contributed by atoms with E-state index in [0.717, 1.165) is 12.5 Å². The first-order valence-corrected chi connectivity index (χ1v) is 8.31. The fourth-order valence-corrected chi connectivity index (χ4v) is 4.07. The first kappa shape index (κ1) is 13.5. The molecule has 4 heteroatoms. The van der Waals surface area contributed by atoms with Gasteiger partial charge < -0.3 is 10.2 Å². The van der Waals surface area contributed by atoms with Gasteiger partial charge in [0, 0.05) is 29.9 Å². The van der Waals surface area contributed by atoms with Crippen molar-refractivity contribution in [1.82, 2.24) is 15.2 Å². The Balaban J connectivity index is 1.56. The Labute approximate surface area is 120 Å². The molecule has 3 nitrogen and oxygen atoms in total. The summed E-state index contributed by atoms with van der Waals surface area (Å²) in [4.78, 5) is 7.37. The zero-order valence-electron chi connectivity index (χ0n) is 12.3. The van der Waals surface area contributed by atoms with Crippen molar-refractivity contribution in [2.24, 2.45) is 5.92 Å². The summed E-state index contributed by atoms with van der Waals surface area (Å²) in [5.74, 6) is 0.894. The zero-order valence-corrected chi connectivity index (χ0v) is 13.1. The predicted octanol–water partition coefficient (Wildman–Crippen LogP) is 2.62. The standard InChI is InChI=1S/C15H25N3S/c1-15(2,3)14-17-12(10-19-14)8-16-13-9-18-6-4-11(13)5-7-18/h10-11,13,16H,4-9H2,1-3H3. The van der Waals surface area contributed by atoms with Gasteiger partial charge in [0.2, 0.25) is 0 Å². The minimum atomic E-state index is 0.179. The minimum absolute atomic E-state index is 0.179. The van der Waals surface area contributed by atoms with Crippen molar-refractivity contribution in [1.29, 1.82) is 0 Å². The van der Waals surface area contributed by atoms with Crippen LogP contribution in [0.4, 0.5) is 0 Å². The smallest absolute Gasteiger partial charge is 0.0982 e. The number of nitrogens with zero attached hydrogens (tertiary/aromatic N) is 2. The first-order chi connectivity index (χ1) is 9.02. The molecule has 3 fully saturated rings. The Bertz CT molecular complexity index is 427. The zero-order chi connectivity index (χ0) is 13.5. The molecule has 1 aromatic rings. The molecule has 106 valence electrons. The van der Waals surface area contributed by atoms with E-state index in [1.807, 2.05) is 0 Å². The molecular weight excluding hydrogens is 254 g/mol. The lowest BCUT2D eigenvalue weighted by molar-refractivity contribution is 0.0718. The van der Waals surface area contributed by atoms with Gasteiger partial charge in [-0.3, -0.25) is 0 Å². The summed E-state index contributed by atoms with van der Waals surface area (Å²) in [5.41, 5.74) is 1.39. The molecule has 4 rings (SSSR count). The molecule has 0 spiro atoms. The summed E-state index contributed by atoms with van der Waals surface area (Å²) in [5, 5.41) is 7.20. The van der Waals surface area contributed by atoms with Gasteiger partial charge in [-0.25, -0.2) is 4.98 Å². The van der Waals surface area contributed by atoms with Crippen LogP contribution in [0.2, 0.25) is 0 Å². The maximum Gasteiger partial charge on any atom is 0.0982 e. The molecule has 0 saturated carbocycles. The van der Waals surface area contributed by atoms with E-state index in [2.05, 4.69) is 36.4 Å². The average molecular weight is 279 g/mol. The normalized spacial score (nSPS) is 30.8. The summed E-state index contributed by atoms with van der Waals surface area (Å²) in [7, 11) is 0. The number of piperidine rings is 3. The summed E-state index contributed by atoms with van der Waals surface area (Å²) in [6.07, 6.45) is 2.75. The summed E-state index contributed by atoms with van der Waals surface area (Å²) >= 11 is 1.80. The van der Waals surface area contributed by atoms with Crippen LogP contribution in [0.25, 0.3) is 0 Å². The highest BCUT2D eigenvalue weighted by Crippen LogP contribution is 2.28. The van der Waals surface area contributed by atoms with Gasteiger partial charge in [-0.05, 0) is 31.8 Å². The number of fused-ring (bicyclic) bond motifs is 3. The predicted molar refractivity (Wildman–Crippen MR) is 80.6 cm³/mol. The molecule has 2 bridgehead atoms. The number of thiazole rings is 1. The molecule has 1 atom stereocenters. The second kappa shape index (κ2) is 5.15. The van der Waals surface area contributed by atoms with Gasteiger partial charge in [0.05, 0.1) is 10.7 Å². The maximum absolute atomic E-state index is 4.77. The van der Waals surface area contributed by atoms with E-state index < -0.39 is 0 Å². The lowest BCUT2D eigenvalue weighted by Gasteiger charge is -2.45. The van der Waals surface area contributed by atoms with E-state index in [9.17, 15) is 0 Å². The molecule has 0 aromatic carbocycles. The van der Waals surface area contributed by atoms with E-state index in [1.54, 1.807) is 11.3 Å². The molecule has 0 radical (unpaired) electrons. The van der Waals surface area contributed by atoms with Crippen molar-refractivity contribution >= 4 is 11.3 Å². The summed E-state index contributed by atoms with van der Waals surface area (Å²) < 4.78 is 0. The van der Waals surface area contributed by atoms with E-state index in [-0.39, 0.29) is 5.41 Å². The fourth-order valence-electron chi connectivity index (χ4n) is 3.16. The van der Waals surface area contributed by atoms with E-state index in [4.69, 9.17) is 4.98 Å². The SMILES string of the molecule is CC(C)(C)c1nc(CNC2CN3CCC2CC3)cs1. The lowest BCUT2D eigenvalue weighted by atomic mass is 9.84. The average Bonchev–Trinajstić information content (AvgIpc) is 2.86. The van der Waals surface area contributed by atoms with Crippen LogP contribution >= 0.6 is 11.3 Å². The first-order valence-electron chi connectivity index (χ1n) is 7.43. The van der Waals surface area contributed by atoms with Gasteiger partial charge in [0.25, 0.3) is 0 Å². The van der Waals surface area contributed by atoms with Crippen molar-refractivity contribution < 1.29 is 0 Å². The second-order valence-corrected chi connectivity index (χ2v) is 7.88. The molecule has 3 saturated heterocycles. The van der Waals surface area contributed by atoms with Crippen molar-refractivity contribution in [2.75, 3.05) is 19.6 Å². The van der Waals surface area contributed by atoms with Gasteiger partial charge in [0.15, 0.2) is 0 Å². The molecular formula is C15H25N3S. The Morgan fingerprint density at radius 3 is 2.63 bits per heavy atom. The van der Waals surface area contributed by atoms with Crippen LogP contribution in [0.15, 0.2) is 5.38 Å². The van der Waals surface area contributed by atoms with Crippen molar-refractivity contribution in [3.8, 4) is 0 Å². The molecule has 1 unspecified atom stereocenters. The Morgan fingerprint density at radius 2 is 2.11 bits per heavy atom. The number of hydrogen-bond acceptors (Lipinski definition) is 4. The molecule has 1 aromatic heterocycles. The van der Waals surface area contributed by atoms with Crippen LogP contribution in [-0.4, -0.2) is 35.6 Å². The highest BCUT2D eigenvalue weighted by atomic mass is 32.1. The van der Waals surface area contributed by atoms with Crippen molar-refractivity contribution in [3.05, 3.63) is 16.1 Å². The number of hydrogen-bond donors (Lipinski definition) is 1. The van der Waals surface area contributed by atoms with Crippen LogP contribution in [0.3, 0.4) is 0 Å². The molecule has 1 N–H and O–H groups in total. The van der Waals surface area contributed by atoms with E-state index >= 15 is 0 Å². The molecule has 19 heavy (non-hydrogen) atoms. The molecule has 4 heterocycles.